The summed E-state index contributed by atoms with van der Waals surface area (Å²) in [4.78, 5) is 57.2. The maximum atomic E-state index is 14.7. The van der Waals surface area contributed by atoms with Crippen molar-refractivity contribution in [2.75, 3.05) is 52.4 Å². The highest BCUT2D eigenvalue weighted by Gasteiger charge is 2.46. The largest absolute Gasteiger partial charge is 0.459 e. The minimum Gasteiger partial charge on any atom is -0.459 e. The molecule has 52 heavy (non-hydrogen) atoms. The fourth-order valence-electron chi connectivity index (χ4n) is 9.36. The smallest absolute Gasteiger partial charge is 0.310 e. The quantitative estimate of drug-likeness (QED) is 0.127. The number of ether oxygens (including phenoxy) is 3. The number of esters is 3. The van der Waals surface area contributed by atoms with Crippen molar-refractivity contribution in [3.8, 4) is 0 Å². The Labute approximate surface area is 313 Å². The van der Waals surface area contributed by atoms with Crippen LogP contribution in [0, 0.1) is 40.9 Å². The van der Waals surface area contributed by atoms with Gasteiger partial charge in [-0.25, -0.2) is 0 Å². The molecule has 0 aromatic rings. The van der Waals surface area contributed by atoms with E-state index in [2.05, 4.69) is 35.1 Å². The van der Waals surface area contributed by atoms with Crippen LogP contribution in [0.1, 0.15) is 126 Å². The number of ketones is 1. The molecule has 0 spiro atoms. The number of hydrogen-bond acceptors (Lipinski definition) is 11. The van der Waals surface area contributed by atoms with Crippen molar-refractivity contribution in [1.29, 1.82) is 0 Å². The first kappa shape index (κ1) is 42.7. The average molecular weight is 733 g/mol. The number of hydrogen-bond donors (Lipinski definition) is 4. The molecule has 0 aliphatic carbocycles. The minimum absolute atomic E-state index is 0.118. The van der Waals surface area contributed by atoms with Crippen molar-refractivity contribution in [3.05, 3.63) is 0 Å². The Hall–Kier alpha value is -2.08. The summed E-state index contributed by atoms with van der Waals surface area (Å²) in [7, 11) is 0. The van der Waals surface area contributed by atoms with Crippen LogP contribution in [0.5, 0.6) is 0 Å². The van der Waals surface area contributed by atoms with Gasteiger partial charge in [-0.15, -0.1) is 0 Å². The first-order chi connectivity index (χ1) is 24.4. The third kappa shape index (κ3) is 12.0. The van der Waals surface area contributed by atoms with Gasteiger partial charge in [-0.05, 0) is 157 Å². The summed E-state index contributed by atoms with van der Waals surface area (Å²) in [6.07, 6.45) is 6.66. The highest BCUT2D eigenvalue weighted by atomic mass is 16.6. The molecule has 0 aromatic carbocycles. The van der Waals surface area contributed by atoms with Gasteiger partial charge in [-0.3, -0.25) is 19.2 Å². The topological polar surface area (TPSA) is 144 Å². The summed E-state index contributed by atoms with van der Waals surface area (Å²) in [5, 5.41) is 13.5. The number of carbonyl (C=O) groups is 4. The number of rotatable bonds is 16. The van der Waals surface area contributed by atoms with E-state index >= 15 is 0 Å². The second-order valence-electron chi connectivity index (χ2n) is 18.5. The highest BCUT2D eigenvalue weighted by Crippen LogP contribution is 2.41. The number of nitrogens with one attached hydrogen (secondary N) is 4. The zero-order valence-electron chi connectivity index (χ0n) is 33.8. The summed E-state index contributed by atoms with van der Waals surface area (Å²) in [6, 6.07) is 0. The Bertz CT molecular complexity index is 1100. The van der Waals surface area contributed by atoms with E-state index in [1.807, 2.05) is 41.5 Å². The predicted octanol–water partition coefficient (Wildman–Crippen LogP) is 4.95. The van der Waals surface area contributed by atoms with Crippen molar-refractivity contribution in [1.82, 2.24) is 21.3 Å². The normalized spacial score (nSPS) is 22.3. The van der Waals surface area contributed by atoms with E-state index in [9.17, 15) is 19.2 Å². The van der Waals surface area contributed by atoms with Gasteiger partial charge in [0.05, 0.1) is 18.8 Å². The number of carbonyl (C=O) groups excluding carboxylic acids is 4. The van der Waals surface area contributed by atoms with E-state index in [1.54, 1.807) is 0 Å². The molecule has 0 radical (unpaired) electrons. The van der Waals surface area contributed by atoms with Crippen LogP contribution in [0.25, 0.3) is 0 Å². The Morgan fingerprint density at radius 1 is 0.481 bits per heavy atom. The molecular formula is C41H72N4O7. The lowest BCUT2D eigenvalue weighted by molar-refractivity contribution is -0.180. The molecule has 11 heteroatoms. The maximum Gasteiger partial charge on any atom is 0.310 e. The lowest BCUT2D eigenvalue weighted by Crippen LogP contribution is -2.47. The van der Waals surface area contributed by atoms with Gasteiger partial charge in [0.15, 0.2) is 0 Å². The molecule has 4 fully saturated rings. The molecule has 4 N–H and O–H groups in total. The molecule has 4 aliphatic heterocycles. The molecule has 0 amide bonds. The van der Waals surface area contributed by atoms with E-state index in [1.165, 1.54) is 0 Å². The molecule has 4 aliphatic rings. The molecule has 4 rings (SSSR count). The fraction of sp³-hybridized carbons (Fsp3) is 0.902. The van der Waals surface area contributed by atoms with Gasteiger partial charge in [0.1, 0.15) is 22.6 Å². The molecule has 0 aromatic heterocycles. The van der Waals surface area contributed by atoms with Crippen molar-refractivity contribution in [2.24, 2.45) is 40.9 Å². The first-order valence-corrected chi connectivity index (χ1v) is 20.4. The Morgan fingerprint density at radius 3 is 1.15 bits per heavy atom. The minimum atomic E-state index is -1.19. The van der Waals surface area contributed by atoms with Crippen LogP contribution in [0.4, 0.5) is 0 Å². The molecular weight excluding hydrogens is 660 g/mol. The van der Waals surface area contributed by atoms with Crippen LogP contribution in [-0.2, 0) is 33.4 Å². The van der Waals surface area contributed by atoms with Crippen LogP contribution in [-0.4, -0.2) is 92.9 Å². The molecule has 2 atom stereocenters. The molecule has 298 valence electrons. The molecule has 0 bridgehead atoms. The average Bonchev–Trinajstić information content (AvgIpc) is 3.10. The predicted molar refractivity (Wildman–Crippen MR) is 203 cm³/mol. The monoisotopic (exact) mass is 733 g/mol. The summed E-state index contributed by atoms with van der Waals surface area (Å²) < 4.78 is 18.7. The first-order valence-electron chi connectivity index (χ1n) is 20.4. The van der Waals surface area contributed by atoms with Crippen LogP contribution in [0.2, 0.25) is 0 Å². The lowest BCUT2D eigenvalue weighted by atomic mass is 9.68. The van der Waals surface area contributed by atoms with Gasteiger partial charge in [0.25, 0.3) is 0 Å². The Balaban J connectivity index is 1.64. The standard InChI is InChI=1S/C41H72N4O7/c1-38(2,28-9-17-42-18-10-28)27-34(46)32(25-35(47)50-39(3,4)29-11-19-43-20-12-29)33(37(49)52-41(7,8)31-15-23-45-24-16-31)26-36(48)51-40(5,6)30-13-21-44-22-14-30/h28-33,42-45H,9-27H2,1-8H3. The van der Waals surface area contributed by atoms with Crippen molar-refractivity contribution >= 4 is 23.7 Å². The van der Waals surface area contributed by atoms with Crippen LogP contribution in [0.15, 0.2) is 0 Å². The van der Waals surface area contributed by atoms with Gasteiger partial charge in [0.2, 0.25) is 0 Å². The van der Waals surface area contributed by atoms with E-state index in [0.29, 0.717) is 5.92 Å². The van der Waals surface area contributed by atoms with Gasteiger partial charge >= 0.3 is 17.9 Å². The third-order valence-corrected chi connectivity index (χ3v) is 13.1. The van der Waals surface area contributed by atoms with Crippen molar-refractivity contribution in [2.45, 2.75) is 143 Å². The van der Waals surface area contributed by atoms with Crippen LogP contribution in [0.3, 0.4) is 0 Å². The SMILES string of the molecule is CC(C)(CC(=O)C(CC(=O)OC(C)(C)C1CCNCC1)C(CC(=O)OC(C)(C)C1CCNCC1)C(=O)OC(C)(C)C1CCNCC1)C1CCNCC1. The van der Waals surface area contributed by atoms with E-state index in [4.69, 9.17) is 14.2 Å². The van der Waals surface area contributed by atoms with Gasteiger partial charge in [0, 0.05) is 30.1 Å². The van der Waals surface area contributed by atoms with E-state index in [0.717, 1.165) is 104 Å². The van der Waals surface area contributed by atoms with Crippen molar-refractivity contribution < 1.29 is 33.4 Å². The van der Waals surface area contributed by atoms with Crippen molar-refractivity contribution in [3.63, 3.8) is 0 Å². The zero-order valence-corrected chi connectivity index (χ0v) is 33.8. The molecule has 11 nitrogen and oxygen atoms in total. The highest BCUT2D eigenvalue weighted by molar-refractivity contribution is 5.92. The Kier molecular flexibility index (Phi) is 15.2. The number of Topliss-reactive ketones (excluding diaryl/α,β-unsaturated/α-hetero) is 1. The molecule has 4 heterocycles. The van der Waals surface area contributed by atoms with Crippen LogP contribution >= 0.6 is 0 Å². The third-order valence-electron chi connectivity index (χ3n) is 13.1. The molecule has 0 saturated carbocycles. The second kappa shape index (κ2) is 18.5. The zero-order chi connectivity index (χ0) is 38.2. The van der Waals surface area contributed by atoms with Gasteiger partial charge in [-0.1, -0.05) is 13.8 Å². The van der Waals surface area contributed by atoms with Gasteiger partial charge in [-0.2, -0.15) is 0 Å². The Morgan fingerprint density at radius 2 is 0.788 bits per heavy atom. The summed E-state index contributed by atoms with van der Waals surface area (Å²) >= 11 is 0. The second-order valence-corrected chi connectivity index (χ2v) is 18.5. The maximum absolute atomic E-state index is 14.7. The molecule has 4 saturated heterocycles. The number of piperidine rings is 4. The fourth-order valence-corrected chi connectivity index (χ4v) is 9.36. The summed E-state index contributed by atoms with van der Waals surface area (Å²) in [5.41, 5.74) is -2.69. The lowest BCUT2D eigenvalue weighted by Gasteiger charge is -2.40. The van der Waals surface area contributed by atoms with Crippen LogP contribution < -0.4 is 21.3 Å². The summed E-state index contributed by atoms with van der Waals surface area (Å²) in [5.74, 6) is -3.43. The van der Waals surface area contributed by atoms with E-state index < -0.39 is 46.5 Å². The summed E-state index contributed by atoms with van der Waals surface area (Å²) in [6.45, 7) is 22.7. The van der Waals surface area contributed by atoms with E-state index in [-0.39, 0.29) is 48.2 Å². The molecule has 2 unspecified atom stereocenters. The van der Waals surface area contributed by atoms with Gasteiger partial charge < -0.3 is 35.5 Å².